The number of nitrogens with zero attached hydrogens (tertiary/aromatic N) is 2. The van der Waals surface area contributed by atoms with E-state index in [1.54, 1.807) is 11.3 Å². The van der Waals surface area contributed by atoms with Crippen LogP contribution in [-0.4, -0.2) is 30.0 Å². The Kier molecular flexibility index (Phi) is 6.50. The lowest BCUT2D eigenvalue weighted by atomic mass is 9.95. The lowest BCUT2D eigenvalue weighted by molar-refractivity contribution is -0.126. The van der Waals surface area contributed by atoms with Crippen LogP contribution in [0, 0.1) is 5.92 Å². The number of anilines is 1. The molecule has 0 spiro atoms. The van der Waals surface area contributed by atoms with Crippen LogP contribution in [0.25, 0.3) is 10.2 Å². The molecule has 1 amide bonds. The molecule has 3 aromatic rings. The lowest BCUT2D eigenvalue weighted by Gasteiger charge is -2.31. The van der Waals surface area contributed by atoms with Crippen LogP contribution in [0.4, 0.5) is 5.13 Å². The maximum absolute atomic E-state index is 12.7. The zero-order valence-corrected chi connectivity index (χ0v) is 19.0. The lowest BCUT2D eigenvalue weighted by Crippen LogP contribution is -2.43. The number of carbonyl (C=O) groups excluding carboxylic acids is 1. The fourth-order valence-corrected chi connectivity index (χ4v) is 5.38. The van der Waals surface area contributed by atoms with Gasteiger partial charge in [0.15, 0.2) is 5.13 Å². The first-order chi connectivity index (χ1) is 14.1. The highest BCUT2D eigenvalue weighted by atomic mass is 79.9. The topological polar surface area (TPSA) is 45.2 Å². The number of nitrogens with one attached hydrogen (secondary N) is 1. The van der Waals surface area contributed by atoms with Crippen LogP contribution in [0.15, 0.2) is 53.0 Å². The summed E-state index contributed by atoms with van der Waals surface area (Å²) in [5, 5.41) is 4.29. The number of halogens is 1. The van der Waals surface area contributed by atoms with Crippen molar-refractivity contribution in [1.82, 2.24) is 10.3 Å². The minimum absolute atomic E-state index is 0.106. The first-order valence-electron chi connectivity index (χ1n) is 10.2. The number of thiazole rings is 1. The summed E-state index contributed by atoms with van der Waals surface area (Å²) in [7, 11) is 0. The van der Waals surface area contributed by atoms with Gasteiger partial charge in [-0.25, -0.2) is 4.98 Å². The van der Waals surface area contributed by atoms with Crippen LogP contribution in [0.2, 0.25) is 0 Å². The van der Waals surface area contributed by atoms with Gasteiger partial charge in [0.2, 0.25) is 5.91 Å². The van der Waals surface area contributed by atoms with Gasteiger partial charge in [-0.05, 0) is 56.4 Å². The average Bonchev–Trinajstić information content (AvgIpc) is 3.16. The second-order valence-electron chi connectivity index (χ2n) is 7.80. The van der Waals surface area contributed by atoms with Gasteiger partial charge in [-0.3, -0.25) is 4.79 Å². The summed E-state index contributed by atoms with van der Waals surface area (Å²) in [4.78, 5) is 19.8. The summed E-state index contributed by atoms with van der Waals surface area (Å²) in [5.41, 5.74) is 2.37. The summed E-state index contributed by atoms with van der Waals surface area (Å²) in [5.74, 6) is 0.312. The molecule has 4 nitrogen and oxygen atoms in total. The Morgan fingerprint density at radius 3 is 2.76 bits per heavy atom. The molecule has 152 valence electrons. The van der Waals surface area contributed by atoms with E-state index in [9.17, 15) is 4.79 Å². The van der Waals surface area contributed by atoms with Crippen molar-refractivity contribution in [2.75, 3.05) is 18.0 Å². The van der Waals surface area contributed by atoms with Gasteiger partial charge in [-0.15, -0.1) is 0 Å². The molecule has 0 bridgehead atoms. The van der Waals surface area contributed by atoms with Crippen molar-refractivity contribution in [3.63, 3.8) is 0 Å². The zero-order chi connectivity index (χ0) is 20.2. The molecule has 2 heterocycles. The molecule has 0 aliphatic carbocycles. The van der Waals surface area contributed by atoms with Gasteiger partial charge in [0.25, 0.3) is 0 Å². The molecule has 6 heteroatoms. The Bertz CT molecular complexity index is 967. The van der Waals surface area contributed by atoms with Crippen LogP contribution in [-0.2, 0) is 11.2 Å². The van der Waals surface area contributed by atoms with E-state index in [2.05, 4.69) is 69.5 Å². The van der Waals surface area contributed by atoms with Crippen LogP contribution in [0.3, 0.4) is 0 Å². The molecule has 2 aromatic carbocycles. The van der Waals surface area contributed by atoms with Gasteiger partial charge >= 0.3 is 0 Å². The number of amides is 1. The highest BCUT2D eigenvalue weighted by molar-refractivity contribution is 9.10. The predicted octanol–water partition coefficient (Wildman–Crippen LogP) is 5.41. The molecule has 1 N–H and O–H groups in total. The van der Waals surface area contributed by atoms with E-state index in [1.165, 1.54) is 10.3 Å². The van der Waals surface area contributed by atoms with E-state index in [0.717, 1.165) is 53.9 Å². The minimum Gasteiger partial charge on any atom is -0.353 e. The maximum atomic E-state index is 12.7. The second kappa shape index (κ2) is 9.26. The molecule has 0 unspecified atom stereocenters. The quantitative estimate of drug-likeness (QED) is 0.522. The Hall–Kier alpha value is -1.92. The first-order valence-corrected chi connectivity index (χ1v) is 11.8. The Morgan fingerprint density at radius 2 is 2.00 bits per heavy atom. The predicted molar refractivity (Wildman–Crippen MR) is 125 cm³/mol. The van der Waals surface area contributed by atoms with Gasteiger partial charge in [-0.2, -0.15) is 0 Å². The van der Waals surface area contributed by atoms with E-state index in [0.29, 0.717) is 0 Å². The van der Waals surface area contributed by atoms with E-state index < -0.39 is 0 Å². The molecule has 1 aliphatic heterocycles. The highest BCUT2D eigenvalue weighted by Gasteiger charge is 2.27. The van der Waals surface area contributed by atoms with Crippen LogP contribution in [0.5, 0.6) is 0 Å². The number of fused-ring (bicyclic) bond motifs is 1. The van der Waals surface area contributed by atoms with E-state index in [1.807, 2.05) is 12.1 Å². The highest BCUT2D eigenvalue weighted by Crippen LogP contribution is 2.33. The molecule has 1 saturated heterocycles. The molecule has 0 saturated carbocycles. The Labute approximate surface area is 184 Å². The van der Waals surface area contributed by atoms with Gasteiger partial charge in [0.1, 0.15) is 0 Å². The third kappa shape index (κ3) is 5.17. The fraction of sp³-hybridized carbons (Fsp3) is 0.391. The second-order valence-corrected chi connectivity index (χ2v) is 9.73. The summed E-state index contributed by atoms with van der Waals surface area (Å²) < 4.78 is 2.28. The number of aromatic nitrogens is 1. The van der Waals surface area contributed by atoms with E-state index >= 15 is 0 Å². The van der Waals surface area contributed by atoms with Crippen molar-refractivity contribution in [3.8, 4) is 0 Å². The maximum Gasteiger partial charge on any atom is 0.223 e. The normalized spacial score (nSPS) is 16.1. The van der Waals surface area contributed by atoms with Crippen molar-refractivity contribution >= 4 is 48.5 Å². The fourth-order valence-electron chi connectivity index (χ4n) is 3.82. The third-order valence-electron chi connectivity index (χ3n) is 5.57. The van der Waals surface area contributed by atoms with E-state index in [-0.39, 0.29) is 17.9 Å². The molecule has 1 aromatic heterocycles. The molecular weight excluding hydrogens is 446 g/mol. The van der Waals surface area contributed by atoms with Crippen molar-refractivity contribution in [2.24, 2.45) is 5.92 Å². The molecule has 1 fully saturated rings. The monoisotopic (exact) mass is 471 g/mol. The first kappa shape index (κ1) is 20.4. The molecule has 0 radical (unpaired) electrons. The van der Waals surface area contributed by atoms with Crippen LogP contribution in [0.1, 0.15) is 31.7 Å². The number of hydrogen-bond acceptors (Lipinski definition) is 4. The van der Waals surface area contributed by atoms with Gasteiger partial charge in [-0.1, -0.05) is 57.6 Å². The third-order valence-corrected chi connectivity index (χ3v) is 7.15. The number of hydrogen-bond donors (Lipinski definition) is 1. The van der Waals surface area contributed by atoms with Crippen molar-refractivity contribution in [3.05, 3.63) is 58.6 Å². The zero-order valence-electron chi connectivity index (χ0n) is 16.6. The minimum atomic E-state index is 0.106. The van der Waals surface area contributed by atoms with Crippen molar-refractivity contribution in [1.29, 1.82) is 0 Å². The van der Waals surface area contributed by atoms with Crippen LogP contribution < -0.4 is 10.2 Å². The number of piperidine rings is 1. The number of benzene rings is 2. The Morgan fingerprint density at radius 1 is 1.24 bits per heavy atom. The summed E-state index contributed by atoms with van der Waals surface area (Å²) in [6.45, 7) is 3.88. The van der Waals surface area contributed by atoms with Crippen molar-refractivity contribution in [2.45, 2.75) is 38.6 Å². The standard InChI is InChI=1S/C23H26BrN3OS/c1-16(7-8-17-5-3-2-4-6-17)25-22(28)18-11-13-27(14-12-18)23-26-20-10-9-19(24)15-21(20)29-23/h2-6,9-10,15-16,18H,7-8,11-14H2,1H3,(H,25,28)/t16-/m1/s1. The van der Waals surface area contributed by atoms with Gasteiger partial charge in [0.05, 0.1) is 10.2 Å². The van der Waals surface area contributed by atoms with Crippen molar-refractivity contribution < 1.29 is 4.79 Å². The number of rotatable bonds is 6. The van der Waals surface area contributed by atoms with E-state index in [4.69, 9.17) is 4.98 Å². The summed E-state index contributed by atoms with van der Waals surface area (Å²) in [6.07, 6.45) is 3.73. The Balaban J connectivity index is 1.26. The average molecular weight is 472 g/mol. The number of carbonyl (C=O) groups is 1. The van der Waals surface area contributed by atoms with Gasteiger partial charge < -0.3 is 10.2 Å². The molecule has 29 heavy (non-hydrogen) atoms. The summed E-state index contributed by atoms with van der Waals surface area (Å²) >= 11 is 5.25. The van der Waals surface area contributed by atoms with Crippen LogP contribution >= 0.6 is 27.3 Å². The largest absolute Gasteiger partial charge is 0.353 e. The smallest absolute Gasteiger partial charge is 0.223 e. The molecule has 1 atom stereocenters. The van der Waals surface area contributed by atoms with Gasteiger partial charge in [0, 0.05) is 29.5 Å². The summed E-state index contributed by atoms with van der Waals surface area (Å²) in [6, 6.07) is 16.9. The molecule has 1 aliphatic rings. The molecular formula is C23H26BrN3OS. The number of aryl methyl sites for hydroxylation is 1. The SMILES string of the molecule is C[C@H](CCc1ccccc1)NC(=O)C1CCN(c2nc3ccc(Br)cc3s2)CC1. The molecule has 4 rings (SSSR count).